The van der Waals surface area contributed by atoms with E-state index in [4.69, 9.17) is 10.5 Å². The second-order valence-electron chi connectivity index (χ2n) is 7.69. The van der Waals surface area contributed by atoms with Crippen molar-refractivity contribution >= 4 is 24.0 Å². The highest BCUT2D eigenvalue weighted by molar-refractivity contribution is 6.19. The number of esters is 1. The first-order valence-corrected chi connectivity index (χ1v) is 10.9. The number of amides is 2. The lowest BCUT2D eigenvalue weighted by Crippen LogP contribution is -2.32. The van der Waals surface area contributed by atoms with Crippen molar-refractivity contribution < 1.29 is 19.1 Å². The summed E-state index contributed by atoms with van der Waals surface area (Å²) in [6, 6.07) is 19.5. The van der Waals surface area contributed by atoms with E-state index < -0.39 is 11.9 Å². The molecule has 35 heavy (non-hydrogen) atoms. The molecule has 0 radical (unpaired) electrons. The molecule has 0 aliphatic rings. The number of hydrogen-bond donors (Lipinski definition) is 2. The summed E-state index contributed by atoms with van der Waals surface area (Å²) in [5.74, 6) is -1.28. The van der Waals surface area contributed by atoms with Gasteiger partial charge < -0.3 is 10.5 Å². The van der Waals surface area contributed by atoms with Gasteiger partial charge in [0.2, 0.25) is 6.41 Å². The third kappa shape index (κ3) is 4.99. The summed E-state index contributed by atoms with van der Waals surface area (Å²) in [4.78, 5) is 39.6. The normalized spacial score (nSPS) is 10.6. The Bertz CT molecular complexity index is 1350. The van der Waals surface area contributed by atoms with E-state index in [2.05, 4.69) is 15.4 Å². The Morgan fingerprint density at radius 3 is 2.46 bits per heavy atom. The van der Waals surface area contributed by atoms with Crippen LogP contribution in [-0.2, 0) is 9.53 Å². The van der Waals surface area contributed by atoms with Crippen molar-refractivity contribution in [1.82, 2.24) is 15.4 Å². The average molecular weight is 470 g/mol. The highest BCUT2D eigenvalue weighted by atomic mass is 16.5. The Balaban J connectivity index is 1.81. The summed E-state index contributed by atoms with van der Waals surface area (Å²) in [7, 11) is 0. The number of aromatic amines is 1. The minimum absolute atomic E-state index is 0.00655. The lowest BCUT2D eigenvalue weighted by molar-refractivity contribution is -0.106. The van der Waals surface area contributed by atoms with Gasteiger partial charge in [-0.25, -0.2) is 9.69 Å². The maximum atomic E-state index is 13.6. The van der Waals surface area contributed by atoms with Gasteiger partial charge in [-0.2, -0.15) is 15.4 Å². The Labute approximate surface area is 201 Å². The number of imide groups is 1. The quantitative estimate of drug-likeness (QED) is 0.299. The van der Waals surface area contributed by atoms with Crippen molar-refractivity contribution in [2.75, 3.05) is 18.1 Å². The number of nitrogens with zero attached hydrogens (tertiary/aromatic N) is 3. The van der Waals surface area contributed by atoms with Crippen LogP contribution < -0.4 is 10.6 Å². The number of H-pyrrole nitrogens is 1. The van der Waals surface area contributed by atoms with Crippen LogP contribution in [0, 0.1) is 6.92 Å². The number of aryl methyl sites for hydroxylation is 1. The lowest BCUT2D eigenvalue weighted by atomic mass is 9.99. The number of carbonyl (C=O) groups excluding carboxylic acids is 3. The van der Waals surface area contributed by atoms with Gasteiger partial charge in [0, 0.05) is 17.7 Å². The van der Waals surface area contributed by atoms with Crippen molar-refractivity contribution in [3.8, 4) is 22.4 Å². The average Bonchev–Trinajstić information content (AvgIpc) is 3.43. The molecule has 176 valence electrons. The van der Waals surface area contributed by atoms with E-state index >= 15 is 0 Å². The molecule has 0 spiro atoms. The number of anilines is 1. The number of aromatic nitrogens is 3. The lowest BCUT2D eigenvalue weighted by Gasteiger charge is -2.21. The highest BCUT2D eigenvalue weighted by Crippen LogP contribution is 2.30. The molecule has 0 fully saturated rings. The largest absolute Gasteiger partial charge is 0.461 e. The van der Waals surface area contributed by atoms with Gasteiger partial charge in [-0.1, -0.05) is 48.5 Å². The molecule has 0 saturated heterocycles. The Kier molecular flexibility index (Phi) is 7.08. The first kappa shape index (κ1) is 23.5. The molecule has 0 aliphatic carbocycles. The molecule has 0 unspecified atom stereocenters. The second-order valence-corrected chi connectivity index (χ2v) is 7.69. The second kappa shape index (κ2) is 10.5. The first-order valence-electron chi connectivity index (χ1n) is 10.9. The molecule has 3 aromatic carbocycles. The zero-order chi connectivity index (χ0) is 24.8. The monoisotopic (exact) mass is 469 g/mol. The number of rotatable bonds is 8. The van der Waals surface area contributed by atoms with E-state index in [1.807, 2.05) is 30.3 Å². The third-order valence-electron chi connectivity index (χ3n) is 5.44. The summed E-state index contributed by atoms with van der Waals surface area (Å²) in [5, 5.41) is 10.4. The molecule has 3 N–H and O–H groups in total. The van der Waals surface area contributed by atoms with Crippen LogP contribution in [0.15, 0.2) is 72.9 Å². The van der Waals surface area contributed by atoms with E-state index in [0.29, 0.717) is 23.2 Å². The van der Waals surface area contributed by atoms with Gasteiger partial charge in [-0.3, -0.25) is 9.59 Å². The molecular weight excluding hydrogens is 446 g/mol. The molecule has 0 atom stereocenters. The van der Waals surface area contributed by atoms with Gasteiger partial charge in [-0.15, -0.1) is 0 Å². The van der Waals surface area contributed by atoms with Gasteiger partial charge in [0.05, 0.1) is 17.4 Å². The van der Waals surface area contributed by atoms with Crippen LogP contribution in [0.1, 0.15) is 26.3 Å². The summed E-state index contributed by atoms with van der Waals surface area (Å²) >= 11 is 0. The maximum Gasteiger partial charge on any atom is 0.340 e. The summed E-state index contributed by atoms with van der Waals surface area (Å²) in [6.07, 6.45) is 1.93. The zero-order valence-electron chi connectivity index (χ0n) is 19.0. The van der Waals surface area contributed by atoms with Crippen LogP contribution in [0.4, 0.5) is 5.69 Å². The highest BCUT2D eigenvalue weighted by Gasteiger charge is 2.26. The molecule has 4 rings (SSSR count). The van der Waals surface area contributed by atoms with Crippen LogP contribution in [-0.4, -0.2) is 46.8 Å². The number of nitrogens with two attached hydrogens (primary N) is 1. The predicted molar refractivity (Wildman–Crippen MR) is 131 cm³/mol. The van der Waals surface area contributed by atoms with Crippen LogP contribution in [0.5, 0.6) is 0 Å². The standard InChI is InChI=1S/C26H23N5O4/c1-17-7-8-20(23-15-28-30-29-23)13-22(17)25(33)31(16-32)24-14-19(18-5-3-2-4-6-18)9-10-21(24)26(34)35-12-11-27/h2-10,13-16H,11-12,27H2,1H3,(H,28,29,30). The smallest absolute Gasteiger partial charge is 0.340 e. The van der Waals surface area contributed by atoms with E-state index in [-0.39, 0.29) is 30.0 Å². The molecule has 0 saturated carbocycles. The van der Waals surface area contributed by atoms with Crippen molar-refractivity contribution in [3.63, 3.8) is 0 Å². The molecule has 9 heteroatoms. The fourth-order valence-electron chi connectivity index (χ4n) is 3.64. The van der Waals surface area contributed by atoms with Crippen LogP contribution in [0.3, 0.4) is 0 Å². The fourth-order valence-corrected chi connectivity index (χ4v) is 3.64. The first-order chi connectivity index (χ1) is 17.0. The van der Waals surface area contributed by atoms with Crippen LogP contribution in [0.2, 0.25) is 0 Å². The number of carbonyl (C=O) groups is 3. The third-order valence-corrected chi connectivity index (χ3v) is 5.44. The summed E-state index contributed by atoms with van der Waals surface area (Å²) < 4.78 is 5.20. The van der Waals surface area contributed by atoms with Gasteiger partial charge >= 0.3 is 5.97 Å². The van der Waals surface area contributed by atoms with Crippen molar-refractivity contribution in [3.05, 3.63) is 89.6 Å². The van der Waals surface area contributed by atoms with Crippen molar-refractivity contribution in [1.29, 1.82) is 0 Å². The van der Waals surface area contributed by atoms with Gasteiger partial charge in [0.1, 0.15) is 12.3 Å². The molecule has 1 aromatic heterocycles. The van der Waals surface area contributed by atoms with Gasteiger partial charge in [-0.05, 0) is 41.8 Å². The number of nitrogens with one attached hydrogen (secondary N) is 1. The maximum absolute atomic E-state index is 13.6. The van der Waals surface area contributed by atoms with E-state index in [1.54, 1.807) is 43.3 Å². The Morgan fingerprint density at radius 2 is 1.77 bits per heavy atom. The minimum Gasteiger partial charge on any atom is -0.461 e. The summed E-state index contributed by atoms with van der Waals surface area (Å²) in [6.45, 7) is 1.92. The van der Waals surface area contributed by atoms with Crippen molar-refractivity contribution in [2.24, 2.45) is 5.73 Å². The van der Waals surface area contributed by atoms with Crippen LogP contribution in [0.25, 0.3) is 22.4 Å². The fraction of sp³-hybridized carbons (Fsp3) is 0.115. The molecule has 9 nitrogen and oxygen atoms in total. The Morgan fingerprint density at radius 1 is 1.00 bits per heavy atom. The molecule has 2 amide bonds. The van der Waals surface area contributed by atoms with E-state index in [9.17, 15) is 14.4 Å². The van der Waals surface area contributed by atoms with Gasteiger partial charge in [0.25, 0.3) is 5.91 Å². The molecular formula is C26H23N5O4. The van der Waals surface area contributed by atoms with E-state index in [0.717, 1.165) is 16.0 Å². The predicted octanol–water partition coefficient (Wildman–Crippen LogP) is 3.37. The number of benzene rings is 3. The number of ether oxygens (including phenoxy) is 1. The molecule has 0 bridgehead atoms. The molecule has 4 aromatic rings. The molecule has 1 heterocycles. The SMILES string of the molecule is Cc1ccc(-c2cn[nH]n2)cc1C(=O)N(C=O)c1cc(-c2ccccc2)ccc1C(=O)OCCN. The van der Waals surface area contributed by atoms with Gasteiger partial charge in [0.15, 0.2) is 0 Å². The minimum atomic E-state index is -0.683. The zero-order valence-corrected chi connectivity index (χ0v) is 19.0. The van der Waals surface area contributed by atoms with Crippen molar-refractivity contribution in [2.45, 2.75) is 6.92 Å². The topological polar surface area (TPSA) is 131 Å². The number of hydrogen-bond acceptors (Lipinski definition) is 7. The Hall–Kier alpha value is -4.63. The summed E-state index contributed by atoms with van der Waals surface area (Å²) in [5.41, 5.74) is 9.37. The van der Waals surface area contributed by atoms with E-state index in [1.165, 1.54) is 6.20 Å². The van der Waals surface area contributed by atoms with Crippen LogP contribution >= 0.6 is 0 Å². The molecule has 0 aliphatic heterocycles.